The highest BCUT2D eigenvalue weighted by Crippen LogP contribution is 2.59. The molecule has 0 bridgehead atoms. The third-order valence-electron chi connectivity index (χ3n) is 26.7. The molecule has 0 saturated heterocycles. The molecule has 7 aliphatic rings. The SMILES string of the molecule is c1ccc(-c2ccc(N3c4ccc(-c5ccccc5)cc4B4c5cc6c(cc5N(c5ccc(-c7ccccc7)cc5)c5cccc3c54)N(c3ccc(-c4ccccc4)cc3)c3cc4c5c7c3B6c3cc(-c6ccccc6)cc6c3N7c3c(cc(-c7ccccc7)cc3B5c3cc(-c5ccccc5)ccc3N4c3ccc(-c4ccccc4)cc3)O6)cc2)cc1. The third kappa shape index (κ3) is 10.7. The van der Waals surface area contributed by atoms with E-state index in [4.69, 9.17) is 4.74 Å². The Morgan fingerprint density at radius 2 is 0.398 bits per heavy atom. The maximum absolute atomic E-state index is 7.97. The number of nitrogens with zero attached hydrogens (tertiary/aromatic N) is 5. The first kappa shape index (κ1) is 69.2. The molecule has 26 rings (SSSR count). The summed E-state index contributed by atoms with van der Waals surface area (Å²) in [4.78, 5) is 13.1. The second-order valence-corrected chi connectivity index (χ2v) is 33.3. The van der Waals surface area contributed by atoms with Gasteiger partial charge in [0.15, 0.2) is 11.5 Å². The number of rotatable bonds is 12. The summed E-state index contributed by atoms with van der Waals surface area (Å²) in [6, 6.07) is 164. The standard InChI is InChI=1S/C114H72B3N5O/c1-9-26-73(27-10-1)81-44-54-89(55-45-81)118-99-62-52-85(77-34-17-5-18-35-77)64-93(99)115-95-70-96-104(71-103(95)120(102-43-25-42-101(118)109(102)115)91-58-48-83(49-59-91)75-30-13-3-14-31-75)121(92-60-50-84(51-61-92)76-32-15-4-16-33-76)106-72-105-110-114-111(106)117(96)98-67-88(80-40-23-8-24-41-80)69-108-113(98)122(114)112-97(66-87(68-107(112)123-108)79-38-21-7-22-39-79)116(110)94-65-86(78-36-19-6-20-37-78)53-63-100(94)119(105)90-56-46-82(47-57-90)74-28-11-2-12-29-74/h1-72H. The van der Waals surface area contributed by atoms with Crippen LogP contribution in [0.1, 0.15) is 0 Å². The van der Waals surface area contributed by atoms with E-state index in [9.17, 15) is 0 Å². The topological polar surface area (TPSA) is 25.4 Å². The molecule has 0 aromatic heterocycles. The van der Waals surface area contributed by atoms with Crippen molar-refractivity contribution < 1.29 is 4.74 Å². The van der Waals surface area contributed by atoms with Crippen molar-refractivity contribution in [3.05, 3.63) is 437 Å². The van der Waals surface area contributed by atoms with Crippen LogP contribution in [-0.2, 0) is 0 Å². The van der Waals surface area contributed by atoms with Gasteiger partial charge in [-0.25, -0.2) is 0 Å². The van der Waals surface area contributed by atoms with Gasteiger partial charge < -0.3 is 29.2 Å². The minimum atomic E-state index is -0.366. The predicted octanol–water partition coefficient (Wildman–Crippen LogP) is 23.9. The monoisotopic (exact) mass is 1560 g/mol. The van der Waals surface area contributed by atoms with Gasteiger partial charge in [-0.1, -0.05) is 340 Å². The summed E-state index contributed by atoms with van der Waals surface area (Å²) in [6.45, 7) is -0.910. The van der Waals surface area contributed by atoms with Crippen LogP contribution >= 0.6 is 0 Å². The van der Waals surface area contributed by atoms with Crippen LogP contribution in [0.5, 0.6) is 11.5 Å². The molecule has 7 aliphatic heterocycles. The summed E-state index contributed by atoms with van der Waals surface area (Å²) in [5.41, 5.74) is 46.0. The minimum Gasteiger partial charge on any atom is -0.453 e. The van der Waals surface area contributed by atoms with Gasteiger partial charge in [0.2, 0.25) is 0 Å². The Labute approximate surface area is 716 Å². The van der Waals surface area contributed by atoms with Crippen LogP contribution < -0.4 is 78.4 Å². The first-order chi connectivity index (χ1) is 61.0. The van der Waals surface area contributed by atoms with E-state index in [1.165, 1.54) is 88.2 Å². The van der Waals surface area contributed by atoms with Gasteiger partial charge >= 0.3 is 0 Å². The number of ether oxygens (including phenoxy) is 1. The van der Waals surface area contributed by atoms with Gasteiger partial charge in [0.1, 0.15) is 0 Å². The van der Waals surface area contributed by atoms with Crippen molar-refractivity contribution in [3.63, 3.8) is 0 Å². The molecular weight excluding hydrogens is 1490 g/mol. The van der Waals surface area contributed by atoms with Crippen molar-refractivity contribution in [1.29, 1.82) is 0 Å². The van der Waals surface area contributed by atoms with Crippen molar-refractivity contribution in [2.24, 2.45) is 0 Å². The van der Waals surface area contributed by atoms with Crippen LogP contribution in [0.3, 0.4) is 0 Å². The van der Waals surface area contributed by atoms with Crippen LogP contribution in [0.15, 0.2) is 437 Å². The van der Waals surface area contributed by atoms with E-state index < -0.39 is 0 Å². The highest BCUT2D eigenvalue weighted by molar-refractivity contribution is 7.06. The number of fused-ring (bicyclic) bond motifs is 10. The zero-order valence-corrected chi connectivity index (χ0v) is 66.9. The van der Waals surface area contributed by atoms with Crippen LogP contribution in [0, 0.1) is 0 Å². The Morgan fingerprint density at radius 3 is 0.740 bits per heavy atom. The normalized spacial score (nSPS) is 13.3. The van der Waals surface area contributed by atoms with Gasteiger partial charge in [0.25, 0.3) is 20.1 Å². The van der Waals surface area contributed by atoms with E-state index in [-0.39, 0.29) is 20.1 Å². The molecule has 123 heavy (non-hydrogen) atoms. The van der Waals surface area contributed by atoms with Crippen LogP contribution in [0.4, 0.5) is 85.3 Å². The van der Waals surface area contributed by atoms with E-state index in [1.807, 2.05) is 0 Å². The summed E-state index contributed by atoms with van der Waals surface area (Å²) in [5, 5.41) is 0. The molecule has 0 N–H and O–H groups in total. The van der Waals surface area contributed by atoms with E-state index in [0.29, 0.717) is 0 Å². The number of benzene rings is 19. The molecule has 0 aliphatic carbocycles. The molecule has 9 heteroatoms. The molecule has 0 fully saturated rings. The summed E-state index contributed by atoms with van der Waals surface area (Å²) < 4.78 is 7.97. The Kier molecular flexibility index (Phi) is 15.4. The Hall–Kier alpha value is -15.8. The predicted molar refractivity (Wildman–Crippen MR) is 517 cm³/mol. The summed E-state index contributed by atoms with van der Waals surface area (Å²) in [5.74, 6) is 1.65. The second-order valence-electron chi connectivity index (χ2n) is 33.3. The van der Waals surface area contributed by atoms with Crippen molar-refractivity contribution in [3.8, 4) is 101 Å². The molecule has 0 saturated carbocycles. The summed E-state index contributed by atoms with van der Waals surface area (Å²) in [7, 11) is 0. The van der Waals surface area contributed by atoms with Crippen molar-refractivity contribution in [1.82, 2.24) is 0 Å². The number of anilines is 15. The van der Waals surface area contributed by atoms with Crippen LogP contribution in [0.2, 0.25) is 0 Å². The van der Waals surface area contributed by atoms with Gasteiger partial charge in [0, 0.05) is 73.9 Å². The first-order valence-electron chi connectivity index (χ1n) is 42.7. The lowest BCUT2D eigenvalue weighted by Gasteiger charge is -2.53. The fourth-order valence-corrected chi connectivity index (χ4v) is 21.3. The fourth-order valence-electron chi connectivity index (χ4n) is 21.3. The van der Waals surface area contributed by atoms with Gasteiger partial charge in [0.05, 0.1) is 11.4 Å². The molecule has 0 radical (unpaired) electrons. The smallest absolute Gasteiger partial charge is 0.252 e. The van der Waals surface area contributed by atoms with Gasteiger partial charge in [-0.05, 0) is 235 Å². The summed E-state index contributed by atoms with van der Waals surface area (Å²) >= 11 is 0. The average Bonchev–Trinajstić information content (AvgIpc) is 0.654. The van der Waals surface area contributed by atoms with Crippen molar-refractivity contribution in [2.75, 3.05) is 24.5 Å². The maximum atomic E-state index is 7.97. The minimum absolute atomic E-state index is 0.264. The Bertz CT molecular complexity index is 7500. The van der Waals surface area contributed by atoms with E-state index in [1.54, 1.807) is 0 Å². The molecule has 0 unspecified atom stereocenters. The van der Waals surface area contributed by atoms with E-state index in [0.717, 1.165) is 147 Å². The third-order valence-corrected chi connectivity index (χ3v) is 26.7. The molecule has 19 aromatic carbocycles. The molecule has 568 valence electrons. The zero-order valence-electron chi connectivity index (χ0n) is 66.9. The first-order valence-corrected chi connectivity index (χ1v) is 42.7. The number of hydrogen-bond acceptors (Lipinski definition) is 6. The van der Waals surface area contributed by atoms with Crippen LogP contribution in [0.25, 0.3) is 89.0 Å². The van der Waals surface area contributed by atoms with Gasteiger partial charge in [-0.2, -0.15) is 0 Å². The quantitative estimate of drug-likeness (QED) is 0.113. The fraction of sp³-hybridized carbons (Fsp3) is 0. The van der Waals surface area contributed by atoms with Gasteiger partial charge in [-0.15, -0.1) is 0 Å². The number of hydrogen-bond donors (Lipinski definition) is 0. The van der Waals surface area contributed by atoms with Crippen LogP contribution in [-0.4, -0.2) is 20.1 Å². The molecule has 0 amide bonds. The van der Waals surface area contributed by atoms with Crippen molar-refractivity contribution in [2.45, 2.75) is 0 Å². The second kappa shape index (κ2) is 27.4. The summed E-state index contributed by atoms with van der Waals surface area (Å²) in [6.07, 6.45) is 0. The highest BCUT2D eigenvalue weighted by Gasteiger charge is 2.56. The van der Waals surface area contributed by atoms with Gasteiger partial charge in [-0.3, -0.25) is 0 Å². The maximum Gasteiger partial charge on any atom is 0.252 e. The molecule has 0 spiro atoms. The molecular formula is C114H72B3N5O. The zero-order chi connectivity index (χ0) is 80.5. The largest absolute Gasteiger partial charge is 0.453 e. The molecule has 6 nitrogen and oxygen atoms in total. The van der Waals surface area contributed by atoms with E-state index in [2.05, 4.69) is 461 Å². The lowest BCUT2D eigenvalue weighted by Crippen LogP contribution is -2.69. The lowest BCUT2D eigenvalue weighted by atomic mass is 9.27. The molecule has 7 heterocycles. The lowest BCUT2D eigenvalue weighted by molar-refractivity contribution is 0.478. The van der Waals surface area contributed by atoms with E-state index >= 15 is 0 Å². The Balaban J connectivity index is 0.797. The van der Waals surface area contributed by atoms with Crippen molar-refractivity contribution >= 4 is 155 Å². The highest BCUT2D eigenvalue weighted by atomic mass is 16.5. The molecule has 19 aromatic rings. The average molecular weight is 1560 g/mol. The Morgan fingerprint density at radius 1 is 0.146 bits per heavy atom. The molecule has 0 atom stereocenters.